The molecule has 0 saturated heterocycles. The van der Waals surface area contributed by atoms with Crippen molar-refractivity contribution in [3.05, 3.63) is 52.9 Å². The highest BCUT2D eigenvalue weighted by molar-refractivity contribution is 7.13. The number of rotatable bonds is 4. The fourth-order valence-corrected chi connectivity index (χ4v) is 3.27. The van der Waals surface area contributed by atoms with E-state index in [0.717, 1.165) is 10.2 Å². The largest absolute Gasteiger partial charge is 0.362 e. The molecular formula is C15H13ClFN3S. The highest BCUT2D eigenvalue weighted by Gasteiger charge is 2.19. The summed E-state index contributed by atoms with van der Waals surface area (Å²) >= 11 is 7.47. The fourth-order valence-electron chi connectivity index (χ4n) is 2.27. The predicted octanol–water partition coefficient (Wildman–Crippen LogP) is 5.05. The molecule has 6 heteroatoms. The first-order chi connectivity index (χ1) is 10.2. The minimum atomic E-state index is -0.306. The van der Waals surface area contributed by atoms with E-state index < -0.39 is 0 Å². The van der Waals surface area contributed by atoms with E-state index in [-0.39, 0.29) is 11.9 Å². The van der Waals surface area contributed by atoms with Crippen molar-refractivity contribution in [2.24, 2.45) is 0 Å². The third kappa shape index (κ3) is 2.71. The van der Waals surface area contributed by atoms with Gasteiger partial charge in [0.15, 0.2) is 0 Å². The van der Waals surface area contributed by atoms with Gasteiger partial charge in [-0.25, -0.2) is 9.37 Å². The Morgan fingerprint density at radius 2 is 2.19 bits per heavy atom. The summed E-state index contributed by atoms with van der Waals surface area (Å²) in [6.45, 7) is 1.98. The molecule has 2 aromatic heterocycles. The van der Waals surface area contributed by atoms with Crippen molar-refractivity contribution >= 4 is 39.2 Å². The third-order valence-corrected chi connectivity index (χ3v) is 4.42. The summed E-state index contributed by atoms with van der Waals surface area (Å²) < 4.78 is 18.4. The molecule has 0 aliphatic carbocycles. The van der Waals surface area contributed by atoms with Gasteiger partial charge in [0, 0.05) is 16.8 Å². The van der Waals surface area contributed by atoms with Crippen LogP contribution in [-0.2, 0) is 0 Å². The lowest BCUT2D eigenvalue weighted by atomic mass is 10.0. The van der Waals surface area contributed by atoms with Crippen LogP contribution in [0.1, 0.15) is 24.9 Å². The first-order valence-corrected chi connectivity index (χ1v) is 7.76. The van der Waals surface area contributed by atoms with Crippen LogP contribution < -0.4 is 5.32 Å². The van der Waals surface area contributed by atoms with Gasteiger partial charge in [-0.1, -0.05) is 24.6 Å². The molecule has 1 N–H and O–H groups in total. The molecule has 3 nitrogen and oxygen atoms in total. The standard InChI is InChI=1S/C15H13ClFN3S/c1-2-12(13-10(16)6-3-7-11(13)17)19-14-9-5-4-8-18-15(9)21-20-14/h3-8,12H,2H2,1H3,(H,19,20). The van der Waals surface area contributed by atoms with Crippen molar-refractivity contribution < 1.29 is 4.39 Å². The summed E-state index contributed by atoms with van der Waals surface area (Å²) in [6, 6.07) is 8.31. The molecular weight excluding hydrogens is 309 g/mol. The van der Waals surface area contributed by atoms with Crippen LogP contribution in [0.5, 0.6) is 0 Å². The Labute approximate surface area is 131 Å². The van der Waals surface area contributed by atoms with Gasteiger partial charge in [-0.2, -0.15) is 4.37 Å². The SMILES string of the molecule is CCC(Nc1nsc2ncccc12)c1c(F)cccc1Cl. The van der Waals surface area contributed by atoms with Gasteiger partial charge in [0.1, 0.15) is 16.5 Å². The molecule has 1 atom stereocenters. The van der Waals surface area contributed by atoms with E-state index in [9.17, 15) is 4.39 Å². The Kier molecular flexibility index (Phi) is 4.03. The number of aromatic nitrogens is 2. The summed E-state index contributed by atoms with van der Waals surface area (Å²) in [7, 11) is 0. The zero-order valence-electron chi connectivity index (χ0n) is 11.3. The molecule has 0 amide bonds. The Balaban J connectivity index is 1.98. The third-order valence-electron chi connectivity index (χ3n) is 3.32. The van der Waals surface area contributed by atoms with Gasteiger partial charge >= 0.3 is 0 Å². The summed E-state index contributed by atoms with van der Waals surface area (Å²) in [5.74, 6) is 0.411. The Bertz CT molecular complexity index is 754. The molecule has 0 fully saturated rings. The van der Waals surface area contributed by atoms with Crippen LogP contribution in [0.2, 0.25) is 5.02 Å². The van der Waals surface area contributed by atoms with Crippen molar-refractivity contribution in [2.45, 2.75) is 19.4 Å². The van der Waals surface area contributed by atoms with Crippen molar-refractivity contribution in [3.8, 4) is 0 Å². The molecule has 108 valence electrons. The van der Waals surface area contributed by atoms with Crippen LogP contribution in [0.25, 0.3) is 10.2 Å². The first kappa shape index (κ1) is 14.2. The quantitative estimate of drug-likeness (QED) is 0.731. The van der Waals surface area contributed by atoms with Gasteiger partial charge in [0.05, 0.1) is 11.4 Å². The lowest BCUT2D eigenvalue weighted by molar-refractivity contribution is 0.587. The highest BCUT2D eigenvalue weighted by atomic mass is 35.5. The number of halogens is 2. The lowest BCUT2D eigenvalue weighted by Gasteiger charge is -2.19. The van der Waals surface area contributed by atoms with Gasteiger partial charge in [0.2, 0.25) is 0 Å². The van der Waals surface area contributed by atoms with Crippen molar-refractivity contribution in [3.63, 3.8) is 0 Å². The minimum absolute atomic E-state index is 0.232. The number of nitrogens with zero attached hydrogens (tertiary/aromatic N) is 2. The second kappa shape index (κ2) is 5.95. The lowest BCUT2D eigenvalue weighted by Crippen LogP contribution is -2.12. The average molecular weight is 322 g/mol. The summed E-state index contributed by atoms with van der Waals surface area (Å²) in [4.78, 5) is 5.11. The van der Waals surface area contributed by atoms with E-state index >= 15 is 0 Å². The van der Waals surface area contributed by atoms with Crippen LogP contribution in [-0.4, -0.2) is 9.36 Å². The molecule has 2 heterocycles. The maximum absolute atomic E-state index is 14.1. The van der Waals surface area contributed by atoms with Crippen molar-refractivity contribution in [2.75, 3.05) is 5.32 Å². The van der Waals surface area contributed by atoms with Crippen LogP contribution >= 0.6 is 23.1 Å². The smallest absolute Gasteiger partial charge is 0.149 e. The van der Waals surface area contributed by atoms with E-state index in [0.29, 0.717) is 22.8 Å². The molecule has 0 saturated carbocycles. The number of hydrogen-bond acceptors (Lipinski definition) is 4. The predicted molar refractivity (Wildman–Crippen MR) is 85.5 cm³/mol. The number of benzene rings is 1. The van der Waals surface area contributed by atoms with E-state index in [1.165, 1.54) is 17.6 Å². The van der Waals surface area contributed by atoms with Gasteiger partial charge in [-0.15, -0.1) is 0 Å². The van der Waals surface area contributed by atoms with E-state index in [1.807, 2.05) is 19.1 Å². The van der Waals surface area contributed by atoms with Crippen LogP contribution in [0.3, 0.4) is 0 Å². The van der Waals surface area contributed by atoms with Crippen molar-refractivity contribution in [1.82, 2.24) is 9.36 Å². The van der Waals surface area contributed by atoms with Crippen LogP contribution in [0.15, 0.2) is 36.5 Å². The first-order valence-electron chi connectivity index (χ1n) is 6.61. The topological polar surface area (TPSA) is 37.8 Å². The molecule has 1 aromatic carbocycles. The van der Waals surface area contributed by atoms with Crippen molar-refractivity contribution in [1.29, 1.82) is 0 Å². The molecule has 0 bridgehead atoms. The average Bonchev–Trinajstić information content (AvgIpc) is 2.89. The molecule has 3 aromatic rings. The summed E-state index contributed by atoms with van der Waals surface area (Å²) in [6.07, 6.45) is 2.43. The number of fused-ring (bicyclic) bond motifs is 1. The molecule has 0 aliphatic rings. The van der Waals surface area contributed by atoms with E-state index in [1.54, 1.807) is 18.3 Å². The monoisotopic (exact) mass is 321 g/mol. The van der Waals surface area contributed by atoms with Crippen LogP contribution in [0, 0.1) is 5.82 Å². The Morgan fingerprint density at radius 3 is 2.95 bits per heavy atom. The van der Waals surface area contributed by atoms with E-state index in [4.69, 9.17) is 11.6 Å². The molecule has 21 heavy (non-hydrogen) atoms. The molecule has 3 rings (SSSR count). The normalized spacial score (nSPS) is 12.5. The number of pyridine rings is 1. The highest BCUT2D eigenvalue weighted by Crippen LogP contribution is 2.33. The number of nitrogens with one attached hydrogen (secondary N) is 1. The van der Waals surface area contributed by atoms with Gasteiger partial charge in [-0.3, -0.25) is 0 Å². The molecule has 1 unspecified atom stereocenters. The summed E-state index contributed by atoms with van der Waals surface area (Å²) in [5, 5.41) is 4.65. The molecule has 0 spiro atoms. The van der Waals surface area contributed by atoms with E-state index in [2.05, 4.69) is 14.7 Å². The Morgan fingerprint density at radius 1 is 1.33 bits per heavy atom. The summed E-state index contributed by atoms with van der Waals surface area (Å²) in [5.41, 5.74) is 0.478. The zero-order valence-corrected chi connectivity index (χ0v) is 12.9. The maximum Gasteiger partial charge on any atom is 0.149 e. The maximum atomic E-state index is 14.1. The Hall–Kier alpha value is -1.72. The molecule has 0 radical (unpaired) electrons. The second-order valence-electron chi connectivity index (χ2n) is 4.63. The number of anilines is 1. The molecule has 0 aliphatic heterocycles. The van der Waals surface area contributed by atoms with Gasteiger partial charge < -0.3 is 5.32 Å². The number of hydrogen-bond donors (Lipinski definition) is 1. The zero-order chi connectivity index (χ0) is 14.8. The fraction of sp³-hybridized carbons (Fsp3) is 0.200. The minimum Gasteiger partial charge on any atom is -0.362 e. The second-order valence-corrected chi connectivity index (χ2v) is 5.79. The van der Waals surface area contributed by atoms with Crippen LogP contribution in [0.4, 0.5) is 10.2 Å². The van der Waals surface area contributed by atoms with Gasteiger partial charge in [-0.05, 0) is 42.2 Å². The van der Waals surface area contributed by atoms with Gasteiger partial charge in [0.25, 0.3) is 0 Å².